The number of rotatable bonds is 2. The van der Waals surface area contributed by atoms with E-state index in [1.807, 2.05) is 7.28 Å². The highest BCUT2D eigenvalue weighted by Crippen LogP contribution is 2.31. The maximum Gasteiger partial charge on any atom is 0.205 e. The molecule has 2 heteroatoms. The van der Waals surface area contributed by atoms with Crippen molar-refractivity contribution >= 4 is 13.0 Å². The number of hydrogen-bond acceptors (Lipinski definition) is 1. The molecule has 1 aliphatic rings. The van der Waals surface area contributed by atoms with Gasteiger partial charge >= 0.3 is 0 Å². The standard InChI is InChI=1S/C9H16BO/c1-7-4-3-5-9(6-7)10-8(2)11/h7,9H,3-6H2,1-2H3. The van der Waals surface area contributed by atoms with E-state index in [0.717, 1.165) is 5.92 Å². The van der Waals surface area contributed by atoms with E-state index in [2.05, 4.69) is 6.92 Å². The summed E-state index contributed by atoms with van der Waals surface area (Å²) in [4.78, 5) is 10.8. The van der Waals surface area contributed by atoms with Crippen LogP contribution in [0.5, 0.6) is 0 Å². The topological polar surface area (TPSA) is 17.1 Å². The number of carbonyl (C=O) groups is 1. The number of carbonyl (C=O) groups excluding carboxylic acids is 1. The van der Waals surface area contributed by atoms with E-state index >= 15 is 0 Å². The van der Waals surface area contributed by atoms with Crippen LogP contribution in [0.4, 0.5) is 0 Å². The van der Waals surface area contributed by atoms with Crippen molar-refractivity contribution in [2.45, 2.75) is 45.3 Å². The van der Waals surface area contributed by atoms with Crippen LogP contribution >= 0.6 is 0 Å². The maximum atomic E-state index is 10.8. The Morgan fingerprint density at radius 2 is 2.18 bits per heavy atom. The second-order valence-corrected chi connectivity index (χ2v) is 3.81. The van der Waals surface area contributed by atoms with Gasteiger partial charge in [-0.05, 0) is 12.8 Å². The second kappa shape index (κ2) is 3.94. The van der Waals surface area contributed by atoms with Crippen LogP contribution in [-0.2, 0) is 4.79 Å². The zero-order valence-corrected chi connectivity index (χ0v) is 7.47. The molecule has 1 aliphatic carbocycles. The van der Waals surface area contributed by atoms with Crippen molar-refractivity contribution in [3.63, 3.8) is 0 Å². The maximum absolute atomic E-state index is 10.8. The third-order valence-electron chi connectivity index (χ3n) is 2.45. The lowest BCUT2D eigenvalue weighted by atomic mass is 9.55. The average molecular weight is 151 g/mol. The average Bonchev–Trinajstić information content (AvgIpc) is 1.85. The van der Waals surface area contributed by atoms with Gasteiger partial charge in [0.1, 0.15) is 0 Å². The summed E-state index contributed by atoms with van der Waals surface area (Å²) in [7, 11) is 1.90. The fourth-order valence-corrected chi connectivity index (χ4v) is 1.96. The first-order chi connectivity index (χ1) is 5.18. The van der Waals surface area contributed by atoms with Gasteiger partial charge in [-0.3, -0.25) is 0 Å². The van der Waals surface area contributed by atoms with E-state index in [0.29, 0.717) is 5.82 Å². The van der Waals surface area contributed by atoms with Gasteiger partial charge in [0.2, 0.25) is 7.28 Å². The minimum absolute atomic E-state index is 0.240. The lowest BCUT2D eigenvalue weighted by Crippen LogP contribution is -2.18. The van der Waals surface area contributed by atoms with Crippen LogP contribution in [0.3, 0.4) is 0 Å². The molecule has 0 bridgehead atoms. The molecule has 61 valence electrons. The van der Waals surface area contributed by atoms with Crippen LogP contribution in [0.15, 0.2) is 0 Å². The molecule has 0 saturated heterocycles. The molecule has 0 N–H and O–H groups in total. The van der Waals surface area contributed by atoms with Crippen LogP contribution in [0.25, 0.3) is 0 Å². The predicted molar refractivity (Wildman–Crippen MR) is 47.8 cm³/mol. The van der Waals surface area contributed by atoms with E-state index in [1.165, 1.54) is 25.7 Å². The first-order valence-electron chi connectivity index (χ1n) is 4.54. The molecule has 0 aromatic heterocycles. The molecule has 1 radical (unpaired) electrons. The fourth-order valence-electron chi connectivity index (χ4n) is 1.96. The normalized spacial score (nSPS) is 31.5. The lowest BCUT2D eigenvalue weighted by Gasteiger charge is -2.25. The van der Waals surface area contributed by atoms with Crippen LogP contribution in [0.2, 0.25) is 5.82 Å². The highest BCUT2D eigenvalue weighted by Gasteiger charge is 2.20. The zero-order chi connectivity index (χ0) is 8.27. The third kappa shape index (κ3) is 3.09. The summed E-state index contributed by atoms with van der Waals surface area (Å²) in [5.41, 5.74) is 0.240. The molecule has 1 rings (SSSR count). The number of hydrogen-bond donors (Lipinski definition) is 0. The highest BCUT2D eigenvalue weighted by atomic mass is 16.1. The van der Waals surface area contributed by atoms with Crippen molar-refractivity contribution in [1.82, 2.24) is 0 Å². The van der Waals surface area contributed by atoms with Gasteiger partial charge in [-0.25, -0.2) is 0 Å². The SMILES string of the molecule is CC(=O)[B]C1CCCC(C)C1. The fraction of sp³-hybridized carbons (Fsp3) is 0.889. The molecular weight excluding hydrogens is 135 g/mol. The van der Waals surface area contributed by atoms with Crippen LogP contribution in [0, 0.1) is 5.92 Å². The van der Waals surface area contributed by atoms with Gasteiger partial charge < -0.3 is 4.79 Å². The van der Waals surface area contributed by atoms with Crippen LogP contribution < -0.4 is 0 Å². The van der Waals surface area contributed by atoms with Crippen molar-refractivity contribution in [2.75, 3.05) is 0 Å². The summed E-state index contributed by atoms with van der Waals surface area (Å²) in [6, 6.07) is 0. The molecule has 0 aromatic rings. The molecule has 1 saturated carbocycles. The molecule has 0 heterocycles. The first kappa shape index (κ1) is 8.83. The Bertz CT molecular complexity index is 144. The summed E-state index contributed by atoms with van der Waals surface area (Å²) in [6.07, 6.45) is 5.10. The molecular formula is C9H16BO. The van der Waals surface area contributed by atoms with Gasteiger partial charge in [-0.1, -0.05) is 38.4 Å². The first-order valence-corrected chi connectivity index (χ1v) is 4.54. The molecule has 0 spiro atoms. The molecule has 2 unspecified atom stereocenters. The molecule has 0 aliphatic heterocycles. The van der Waals surface area contributed by atoms with Gasteiger partial charge in [0.15, 0.2) is 0 Å². The molecule has 2 atom stereocenters. The van der Waals surface area contributed by atoms with Crippen molar-refractivity contribution in [1.29, 1.82) is 0 Å². The largest absolute Gasteiger partial charge is 0.312 e. The predicted octanol–water partition coefficient (Wildman–Crippen LogP) is 2.24. The van der Waals surface area contributed by atoms with E-state index in [4.69, 9.17) is 0 Å². The quantitative estimate of drug-likeness (QED) is 0.553. The molecule has 1 fully saturated rings. The summed E-state index contributed by atoms with van der Waals surface area (Å²) in [5.74, 6) is 1.40. The summed E-state index contributed by atoms with van der Waals surface area (Å²) in [6.45, 7) is 3.93. The van der Waals surface area contributed by atoms with Gasteiger partial charge in [-0.15, -0.1) is 0 Å². The van der Waals surface area contributed by atoms with E-state index in [1.54, 1.807) is 6.92 Å². The van der Waals surface area contributed by atoms with Gasteiger partial charge in [0, 0.05) is 0 Å². The monoisotopic (exact) mass is 151 g/mol. The summed E-state index contributed by atoms with van der Waals surface area (Å²) in [5, 5.41) is 0. The Morgan fingerprint density at radius 3 is 2.73 bits per heavy atom. The Hall–Kier alpha value is -0.265. The van der Waals surface area contributed by atoms with Gasteiger partial charge in [0.05, 0.1) is 5.68 Å². The van der Waals surface area contributed by atoms with E-state index in [-0.39, 0.29) is 5.68 Å². The minimum Gasteiger partial charge on any atom is -0.312 e. The molecule has 11 heavy (non-hydrogen) atoms. The minimum atomic E-state index is 0.240. The second-order valence-electron chi connectivity index (χ2n) is 3.81. The molecule has 0 amide bonds. The Balaban J connectivity index is 2.28. The van der Waals surface area contributed by atoms with Crippen molar-refractivity contribution in [2.24, 2.45) is 5.92 Å². The summed E-state index contributed by atoms with van der Waals surface area (Å²) >= 11 is 0. The Labute approximate surface area is 69.8 Å². The summed E-state index contributed by atoms with van der Waals surface area (Å²) < 4.78 is 0. The van der Waals surface area contributed by atoms with Gasteiger partial charge in [0.25, 0.3) is 0 Å². The van der Waals surface area contributed by atoms with Gasteiger partial charge in [-0.2, -0.15) is 0 Å². The Morgan fingerprint density at radius 1 is 1.45 bits per heavy atom. The molecule has 0 aromatic carbocycles. The van der Waals surface area contributed by atoms with Crippen LogP contribution in [-0.4, -0.2) is 13.0 Å². The lowest BCUT2D eigenvalue weighted by molar-refractivity contribution is -0.110. The van der Waals surface area contributed by atoms with Crippen molar-refractivity contribution < 1.29 is 4.79 Å². The highest BCUT2D eigenvalue weighted by molar-refractivity contribution is 6.74. The van der Waals surface area contributed by atoms with Crippen LogP contribution in [0.1, 0.15) is 39.5 Å². The van der Waals surface area contributed by atoms with Crippen molar-refractivity contribution in [3.05, 3.63) is 0 Å². The molecule has 1 nitrogen and oxygen atoms in total. The zero-order valence-electron chi connectivity index (χ0n) is 7.47. The van der Waals surface area contributed by atoms with E-state index < -0.39 is 0 Å². The van der Waals surface area contributed by atoms with Crippen molar-refractivity contribution in [3.8, 4) is 0 Å². The third-order valence-corrected chi connectivity index (χ3v) is 2.45. The Kier molecular flexibility index (Phi) is 3.16. The van der Waals surface area contributed by atoms with E-state index in [9.17, 15) is 4.79 Å². The smallest absolute Gasteiger partial charge is 0.205 e.